The van der Waals surface area contributed by atoms with Gasteiger partial charge in [0.05, 0.1) is 0 Å². The lowest BCUT2D eigenvalue weighted by Gasteiger charge is -2.49. The number of nitrogens with zero attached hydrogens (tertiary/aromatic N) is 1. The van der Waals surface area contributed by atoms with Crippen molar-refractivity contribution in [3.05, 3.63) is 0 Å². The molecule has 21 heavy (non-hydrogen) atoms. The van der Waals surface area contributed by atoms with E-state index in [2.05, 4.69) is 65.6 Å². The zero-order valence-electron chi connectivity index (χ0n) is 15.7. The summed E-state index contributed by atoms with van der Waals surface area (Å²) in [4.78, 5) is 2.83. The van der Waals surface area contributed by atoms with Crippen LogP contribution < -0.4 is 5.32 Å². The Morgan fingerprint density at radius 2 is 1.57 bits per heavy atom. The minimum atomic E-state index is 0.342. The normalized spacial score (nSPS) is 31.6. The summed E-state index contributed by atoms with van der Waals surface area (Å²) in [6, 6.07) is 0.698. The fraction of sp³-hybridized carbons (Fsp3) is 1.00. The van der Waals surface area contributed by atoms with Gasteiger partial charge in [-0.15, -0.1) is 0 Å². The van der Waals surface area contributed by atoms with E-state index in [1.807, 2.05) is 0 Å². The molecule has 0 aromatic carbocycles. The molecule has 1 N–H and O–H groups in total. The second kappa shape index (κ2) is 5.53. The van der Waals surface area contributed by atoms with Crippen molar-refractivity contribution in [2.75, 3.05) is 19.6 Å². The van der Waals surface area contributed by atoms with Crippen molar-refractivity contribution >= 4 is 0 Å². The molecule has 1 saturated heterocycles. The molecule has 1 saturated carbocycles. The molecular weight excluding hydrogens is 256 g/mol. The molecule has 0 spiro atoms. The van der Waals surface area contributed by atoms with Gasteiger partial charge >= 0.3 is 0 Å². The Morgan fingerprint density at radius 1 is 1.05 bits per heavy atom. The molecule has 2 fully saturated rings. The van der Waals surface area contributed by atoms with Gasteiger partial charge in [-0.3, -0.25) is 4.90 Å². The van der Waals surface area contributed by atoms with Gasteiger partial charge in [0.2, 0.25) is 0 Å². The zero-order chi connectivity index (χ0) is 16.1. The van der Waals surface area contributed by atoms with E-state index in [1.54, 1.807) is 0 Å². The van der Waals surface area contributed by atoms with Crippen LogP contribution in [0.4, 0.5) is 0 Å². The Balaban J connectivity index is 2.13. The van der Waals surface area contributed by atoms with E-state index in [0.29, 0.717) is 22.4 Å². The smallest absolute Gasteiger partial charge is 0.0304 e. The number of rotatable bonds is 5. The molecule has 0 aromatic heterocycles. The monoisotopic (exact) mass is 294 g/mol. The van der Waals surface area contributed by atoms with Gasteiger partial charge in [-0.1, -0.05) is 55.4 Å². The molecule has 2 nitrogen and oxygen atoms in total. The van der Waals surface area contributed by atoms with Crippen molar-refractivity contribution in [1.29, 1.82) is 0 Å². The number of hydrogen-bond acceptors (Lipinski definition) is 2. The quantitative estimate of drug-likeness (QED) is 0.819. The predicted octanol–water partition coefficient (Wildman–Crippen LogP) is 4.16. The van der Waals surface area contributed by atoms with Gasteiger partial charge in [-0.2, -0.15) is 0 Å². The van der Waals surface area contributed by atoms with Gasteiger partial charge in [-0.25, -0.2) is 0 Å². The maximum atomic E-state index is 3.89. The Morgan fingerprint density at radius 3 is 1.95 bits per heavy atom. The maximum Gasteiger partial charge on any atom is 0.0304 e. The first-order chi connectivity index (χ1) is 9.61. The van der Waals surface area contributed by atoms with E-state index in [9.17, 15) is 0 Å². The van der Waals surface area contributed by atoms with Crippen LogP contribution in [-0.4, -0.2) is 36.1 Å². The molecule has 2 aliphatic rings. The minimum Gasteiger partial charge on any atom is -0.308 e. The van der Waals surface area contributed by atoms with E-state index in [0.717, 1.165) is 18.4 Å². The highest BCUT2D eigenvalue weighted by molar-refractivity contribution is 5.14. The molecule has 1 aliphatic heterocycles. The van der Waals surface area contributed by atoms with Crippen molar-refractivity contribution < 1.29 is 0 Å². The van der Waals surface area contributed by atoms with Crippen molar-refractivity contribution in [1.82, 2.24) is 10.2 Å². The summed E-state index contributed by atoms with van der Waals surface area (Å²) in [6.07, 6.45) is 2.48. The summed E-state index contributed by atoms with van der Waals surface area (Å²) < 4.78 is 0. The largest absolute Gasteiger partial charge is 0.308 e. The number of piperazine rings is 1. The Bertz CT molecular complexity index is 352. The van der Waals surface area contributed by atoms with Gasteiger partial charge in [-0.05, 0) is 35.5 Å². The van der Waals surface area contributed by atoms with Gasteiger partial charge in [0.1, 0.15) is 0 Å². The third kappa shape index (κ3) is 2.79. The van der Waals surface area contributed by atoms with Crippen LogP contribution in [0.3, 0.4) is 0 Å². The second-order valence-electron chi connectivity index (χ2n) is 9.11. The standard InChI is InChI=1S/C19H38N2/c1-9-19(10-2)13-21(15(11-20-19)14(3)4)12-16-17(5,6)18(16,7)8/h14-16,20H,9-13H2,1-8H3. The fourth-order valence-corrected chi connectivity index (χ4v) is 4.62. The summed E-state index contributed by atoms with van der Waals surface area (Å²) in [5.74, 6) is 1.57. The number of nitrogens with one attached hydrogen (secondary N) is 1. The topological polar surface area (TPSA) is 15.3 Å². The first kappa shape index (κ1) is 17.3. The van der Waals surface area contributed by atoms with Gasteiger partial charge < -0.3 is 5.32 Å². The molecule has 1 aliphatic carbocycles. The summed E-state index contributed by atoms with van der Waals surface area (Å²) in [5, 5.41) is 3.89. The number of hydrogen-bond donors (Lipinski definition) is 1. The van der Waals surface area contributed by atoms with E-state index in [-0.39, 0.29) is 0 Å². The highest BCUT2D eigenvalue weighted by atomic mass is 15.3. The van der Waals surface area contributed by atoms with Gasteiger partial charge in [0.15, 0.2) is 0 Å². The lowest BCUT2D eigenvalue weighted by atomic mass is 9.86. The van der Waals surface area contributed by atoms with Crippen LogP contribution in [0, 0.1) is 22.7 Å². The molecule has 124 valence electrons. The van der Waals surface area contributed by atoms with Crippen LogP contribution in [-0.2, 0) is 0 Å². The van der Waals surface area contributed by atoms with Crippen molar-refractivity contribution in [2.24, 2.45) is 22.7 Å². The summed E-state index contributed by atoms with van der Waals surface area (Å²) in [5.41, 5.74) is 1.34. The third-order valence-electron chi connectivity index (χ3n) is 7.52. The lowest BCUT2D eigenvalue weighted by Crippen LogP contribution is -2.65. The molecule has 0 aromatic rings. The van der Waals surface area contributed by atoms with Crippen LogP contribution in [0.25, 0.3) is 0 Å². The summed E-state index contributed by atoms with van der Waals surface area (Å²) in [6.45, 7) is 22.9. The molecule has 2 rings (SSSR count). The SMILES string of the molecule is CCC1(CC)CN(CC2C(C)(C)C2(C)C)C(C(C)C)CN1. The predicted molar refractivity (Wildman–Crippen MR) is 92.6 cm³/mol. The average Bonchev–Trinajstić information content (AvgIpc) is 2.80. The van der Waals surface area contributed by atoms with E-state index < -0.39 is 0 Å². The van der Waals surface area contributed by atoms with Crippen molar-refractivity contribution in [3.63, 3.8) is 0 Å². The Labute approximate surface area is 133 Å². The molecule has 0 bridgehead atoms. The van der Waals surface area contributed by atoms with Crippen molar-refractivity contribution in [2.45, 2.75) is 79.8 Å². The second-order valence-corrected chi connectivity index (χ2v) is 9.11. The minimum absolute atomic E-state index is 0.342. The molecule has 0 radical (unpaired) electrons. The van der Waals surface area contributed by atoms with Crippen LogP contribution in [0.15, 0.2) is 0 Å². The molecular formula is C19H38N2. The Kier molecular flexibility index (Phi) is 4.55. The highest BCUT2D eigenvalue weighted by Gasteiger charge is 2.64. The third-order valence-corrected chi connectivity index (χ3v) is 7.52. The summed E-state index contributed by atoms with van der Waals surface area (Å²) >= 11 is 0. The van der Waals surface area contributed by atoms with Crippen LogP contribution in [0.2, 0.25) is 0 Å². The van der Waals surface area contributed by atoms with E-state index in [1.165, 1.54) is 25.9 Å². The maximum absolute atomic E-state index is 3.89. The van der Waals surface area contributed by atoms with Gasteiger partial charge in [0.25, 0.3) is 0 Å². The molecule has 2 heteroatoms. The molecule has 1 unspecified atom stereocenters. The van der Waals surface area contributed by atoms with E-state index in [4.69, 9.17) is 0 Å². The lowest BCUT2D eigenvalue weighted by molar-refractivity contribution is 0.0427. The van der Waals surface area contributed by atoms with E-state index >= 15 is 0 Å². The first-order valence-electron chi connectivity index (χ1n) is 9.10. The van der Waals surface area contributed by atoms with Gasteiger partial charge in [0, 0.05) is 31.2 Å². The Hall–Kier alpha value is -0.0800. The zero-order valence-corrected chi connectivity index (χ0v) is 15.7. The van der Waals surface area contributed by atoms with Crippen LogP contribution >= 0.6 is 0 Å². The molecule has 0 amide bonds. The average molecular weight is 295 g/mol. The highest BCUT2D eigenvalue weighted by Crippen LogP contribution is 2.68. The first-order valence-corrected chi connectivity index (χ1v) is 9.10. The van der Waals surface area contributed by atoms with Crippen LogP contribution in [0.1, 0.15) is 68.2 Å². The van der Waals surface area contributed by atoms with Crippen molar-refractivity contribution in [3.8, 4) is 0 Å². The fourth-order valence-electron chi connectivity index (χ4n) is 4.62. The molecule has 1 atom stereocenters. The summed E-state index contributed by atoms with van der Waals surface area (Å²) in [7, 11) is 0. The van der Waals surface area contributed by atoms with Crippen LogP contribution in [0.5, 0.6) is 0 Å². The molecule has 1 heterocycles.